The van der Waals surface area contributed by atoms with Crippen LogP contribution < -0.4 is 11.1 Å². The number of hydrogen-bond donors (Lipinski definition) is 2. The molecule has 2 fully saturated rings. The smallest absolute Gasteiger partial charge is 0.225 e. The second-order valence-electron chi connectivity index (χ2n) is 6.25. The molecule has 0 atom stereocenters. The highest BCUT2D eigenvalue weighted by atomic mass is 16.2. The van der Waals surface area contributed by atoms with Crippen molar-refractivity contribution in [2.45, 2.75) is 51.5 Å². The summed E-state index contributed by atoms with van der Waals surface area (Å²) in [7, 11) is 0. The number of amides is 2. The lowest BCUT2D eigenvalue weighted by Crippen LogP contribution is -2.48. The van der Waals surface area contributed by atoms with Crippen LogP contribution in [0.2, 0.25) is 0 Å². The van der Waals surface area contributed by atoms with Crippen LogP contribution in [0.3, 0.4) is 0 Å². The van der Waals surface area contributed by atoms with E-state index in [9.17, 15) is 9.59 Å². The van der Waals surface area contributed by atoms with Gasteiger partial charge in [0.2, 0.25) is 11.8 Å². The normalized spacial score (nSPS) is 28.2. The van der Waals surface area contributed by atoms with Crippen molar-refractivity contribution in [2.75, 3.05) is 19.6 Å². The quantitative estimate of drug-likeness (QED) is 0.806. The van der Waals surface area contributed by atoms with E-state index >= 15 is 0 Å². The van der Waals surface area contributed by atoms with Gasteiger partial charge in [0.1, 0.15) is 0 Å². The van der Waals surface area contributed by atoms with Gasteiger partial charge in [-0.05, 0) is 51.0 Å². The van der Waals surface area contributed by atoms with E-state index in [0.717, 1.165) is 58.2 Å². The maximum atomic E-state index is 12.5. The minimum Gasteiger partial charge on any atom is -0.353 e. The van der Waals surface area contributed by atoms with Crippen LogP contribution in [0, 0.1) is 11.8 Å². The zero-order chi connectivity index (χ0) is 14.5. The summed E-state index contributed by atoms with van der Waals surface area (Å²) in [4.78, 5) is 25.5. The van der Waals surface area contributed by atoms with Crippen molar-refractivity contribution in [3.05, 3.63) is 0 Å². The molecule has 0 unspecified atom stereocenters. The van der Waals surface area contributed by atoms with Gasteiger partial charge < -0.3 is 16.0 Å². The molecule has 2 rings (SSSR count). The predicted molar refractivity (Wildman–Crippen MR) is 77.9 cm³/mol. The van der Waals surface area contributed by atoms with Crippen LogP contribution in [-0.2, 0) is 9.59 Å². The average Bonchev–Trinajstić information content (AvgIpc) is 2.47. The van der Waals surface area contributed by atoms with E-state index in [2.05, 4.69) is 5.32 Å². The summed E-state index contributed by atoms with van der Waals surface area (Å²) in [6, 6.07) is 0.240. The van der Waals surface area contributed by atoms with Gasteiger partial charge in [-0.3, -0.25) is 9.59 Å². The summed E-state index contributed by atoms with van der Waals surface area (Å²) < 4.78 is 0. The SMILES string of the molecule is CC(=O)NC1CCN(C(=O)C2CCC(CN)CC2)CC1. The molecule has 20 heavy (non-hydrogen) atoms. The Kier molecular flexibility index (Phi) is 5.40. The number of likely N-dealkylation sites (tertiary alicyclic amines) is 1. The van der Waals surface area contributed by atoms with E-state index < -0.39 is 0 Å². The first-order valence-corrected chi connectivity index (χ1v) is 7.86. The molecule has 114 valence electrons. The van der Waals surface area contributed by atoms with Gasteiger partial charge in [-0.15, -0.1) is 0 Å². The molecular formula is C15H27N3O2. The van der Waals surface area contributed by atoms with Crippen molar-refractivity contribution >= 4 is 11.8 Å². The van der Waals surface area contributed by atoms with Gasteiger partial charge in [0, 0.05) is 32.0 Å². The fourth-order valence-electron chi connectivity index (χ4n) is 3.43. The summed E-state index contributed by atoms with van der Waals surface area (Å²) in [5, 5.41) is 2.94. The summed E-state index contributed by atoms with van der Waals surface area (Å²) in [6.07, 6.45) is 5.93. The van der Waals surface area contributed by atoms with E-state index in [4.69, 9.17) is 5.73 Å². The van der Waals surface area contributed by atoms with Crippen molar-refractivity contribution in [1.82, 2.24) is 10.2 Å². The average molecular weight is 281 g/mol. The van der Waals surface area contributed by atoms with Crippen molar-refractivity contribution in [2.24, 2.45) is 17.6 Å². The number of piperidine rings is 1. The predicted octanol–water partition coefficient (Wildman–Crippen LogP) is 0.879. The maximum absolute atomic E-state index is 12.5. The molecule has 1 aliphatic carbocycles. The number of carbonyl (C=O) groups excluding carboxylic acids is 2. The van der Waals surface area contributed by atoms with Crippen LogP contribution in [0.1, 0.15) is 45.4 Å². The second kappa shape index (κ2) is 7.07. The first kappa shape index (κ1) is 15.3. The lowest BCUT2D eigenvalue weighted by Gasteiger charge is -2.36. The van der Waals surface area contributed by atoms with Gasteiger partial charge in [0.25, 0.3) is 0 Å². The van der Waals surface area contributed by atoms with Gasteiger partial charge in [-0.2, -0.15) is 0 Å². The molecule has 1 saturated heterocycles. The Hall–Kier alpha value is -1.10. The molecule has 2 aliphatic rings. The van der Waals surface area contributed by atoms with Gasteiger partial charge in [0.05, 0.1) is 0 Å². The summed E-state index contributed by atoms with van der Waals surface area (Å²) >= 11 is 0. The third kappa shape index (κ3) is 3.95. The van der Waals surface area contributed by atoms with Crippen LogP contribution >= 0.6 is 0 Å². The minimum atomic E-state index is 0.0230. The van der Waals surface area contributed by atoms with Crippen molar-refractivity contribution in [3.63, 3.8) is 0 Å². The van der Waals surface area contributed by atoms with Crippen LogP contribution in [-0.4, -0.2) is 42.4 Å². The van der Waals surface area contributed by atoms with E-state index in [1.54, 1.807) is 6.92 Å². The van der Waals surface area contributed by atoms with Crippen LogP contribution in [0.4, 0.5) is 0 Å². The number of nitrogens with two attached hydrogens (primary N) is 1. The van der Waals surface area contributed by atoms with E-state index in [0.29, 0.717) is 11.8 Å². The standard InChI is InChI=1S/C15H27N3O2/c1-11(19)17-14-6-8-18(9-7-14)15(20)13-4-2-12(10-16)3-5-13/h12-14H,2-10,16H2,1H3,(H,17,19). The first-order valence-electron chi connectivity index (χ1n) is 7.86. The molecule has 5 nitrogen and oxygen atoms in total. The Morgan fingerprint density at radius 3 is 2.20 bits per heavy atom. The zero-order valence-corrected chi connectivity index (χ0v) is 12.4. The molecule has 1 aliphatic heterocycles. The largest absolute Gasteiger partial charge is 0.353 e. The van der Waals surface area contributed by atoms with Crippen molar-refractivity contribution in [3.8, 4) is 0 Å². The highest BCUT2D eigenvalue weighted by Crippen LogP contribution is 2.30. The number of nitrogens with zero attached hydrogens (tertiary/aromatic N) is 1. The van der Waals surface area contributed by atoms with Crippen molar-refractivity contribution < 1.29 is 9.59 Å². The Bertz CT molecular complexity index is 343. The van der Waals surface area contributed by atoms with Gasteiger partial charge in [-0.1, -0.05) is 0 Å². The Morgan fingerprint density at radius 2 is 1.70 bits per heavy atom. The fourth-order valence-corrected chi connectivity index (χ4v) is 3.43. The Morgan fingerprint density at radius 1 is 1.10 bits per heavy atom. The molecule has 2 amide bonds. The molecule has 0 spiro atoms. The van der Waals surface area contributed by atoms with Crippen LogP contribution in [0.25, 0.3) is 0 Å². The molecule has 0 bridgehead atoms. The lowest BCUT2D eigenvalue weighted by molar-refractivity contribution is -0.138. The molecule has 0 aromatic rings. The first-order chi connectivity index (χ1) is 9.60. The number of hydrogen-bond acceptors (Lipinski definition) is 3. The van der Waals surface area contributed by atoms with E-state index in [1.807, 2.05) is 4.90 Å². The topological polar surface area (TPSA) is 75.4 Å². The monoisotopic (exact) mass is 281 g/mol. The van der Waals surface area contributed by atoms with Gasteiger partial charge in [-0.25, -0.2) is 0 Å². The Balaban J connectivity index is 1.76. The number of nitrogens with one attached hydrogen (secondary N) is 1. The Labute approximate surface area is 121 Å². The van der Waals surface area contributed by atoms with Gasteiger partial charge in [0.15, 0.2) is 0 Å². The number of carbonyl (C=O) groups is 2. The summed E-state index contributed by atoms with van der Waals surface area (Å²) in [5.41, 5.74) is 5.69. The highest BCUT2D eigenvalue weighted by Gasteiger charge is 2.31. The zero-order valence-electron chi connectivity index (χ0n) is 12.4. The summed E-state index contributed by atoms with van der Waals surface area (Å²) in [5.74, 6) is 1.16. The summed E-state index contributed by atoms with van der Waals surface area (Å²) in [6.45, 7) is 3.86. The van der Waals surface area contributed by atoms with E-state index in [1.165, 1.54) is 0 Å². The van der Waals surface area contributed by atoms with Crippen LogP contribution in [0.5, 0.6) is 0 Å². The molecule has 1 saturated carbocycles. The highest BCUT2D eigenvalue weighted by molar-refractivity contribution is 5.79. The molecule has 0 aromatic carbocycles. The third-order valence-corrected chi connectivity index (χ3v) is 4.74. The molecular weight excluding hydrogens is 254 g/mol. The maximum Gasteiger partial charge on any atom is 0.225 e. The van der Waals surface area contributed by atoms with Crippen molar-refractivity contribution in [1.29, 1.82) is 0 Å². The molecule has 0 radical (unpaired) electrons. The molecule has 3 N–H and O–H groups in total. The third-order valence-electron chi connectivity index (χ3n) is 4.74. The van der Waals surface area contributed by atoms with Gasteiger partial charge >= 0.3 is 0 Å². The second-order valence-corrected chi connectivity index (χ2v) is 6.25. The minimum absolute atomic E-state index is 0.0230. The van der Waals surface area contributed by atoms with Crippen LogP contribution in [0.15, 0.2) is 0 Å². The number of rotatable bonds is 3. The van der Waals surface area contributed by atoms with E-state index in [-0.39, 0.29) is 17.9 Å². The lowest BCUT2D eigenvalue weighted by atomic mass is 9.81. The fraction of sp³-hybridized carbons (Fsp3) is 0.867. The molecule has 1 heterocycles. The molecule has 5 heteroatoms. The molecule has 0 aromatic heterocycles.